The number of rotatable bonds is 7. The quantitative estimate of drug-likeness (QED) is 0.601. The van der Waals surface area contributed by atoms with Crippen LogP contribution in [0.3, 0.4) is 0 Å². The summed E-state index contributed by atoms with van der Waals surface area (Å²) in [7, 11) is 0. The number of benzene rings is 2. The number of hydrogen-bond acceptors (Lipinski definition) is 3. The normalized spacial score (nSPS) is 23.5. The third-order valence-electron chi connectivity index (χ3n) is 7.35. The Labute approximate surface area is 188 Å². The molecule has 1 aliphatic heterocycles. The number of piperidine rings is 1. The molecule has 1 N–H and O–H groups in total. The van der Waals surface area contributed by atoms with E-state index in [2.05, 4.69) is 36.1 Å². The summed E-state index contributed by atoms with van der Waals surface area (Å²) in [5, 5.41) is 10.2. The van der Waals surface area contributed by atoms with Gasteiger partial charge in [-0.15, -0.1) is 0 Å². The highest BCUT2D eigenvalue weighted by Crippen LogP contribution is 2.45. The minimum absolute atomic E-state index is 0.00104. The van der Waals surface area contributed by atoms with Crippen molar-refractivity contribution in [1.29, 1.82) is 0 Å². The van der Waals surface area contributed by atoms with Crippen molar-refractivity contribution in [2.75, 3.05) is 26.3 Å². The molecule has 2 aromatic rings. The number of aryl methyl sites for hydroxylation is 1. The van der Waals surface area contributed by atoms with E-state index in [0.717, 1.165) is 50.9 Å². The first-order valence-corrected chi connectivity index (χ1v) is 11.5. The standard InChI is InChI=1S/C26H32F3NO2/c1-19-5-7-21(8-6-19)25(13-3-14-25)18-30-15-2-4-20(24(30)16-31)17-32-23-11-9-22(10-12-23)26(27,28)29/h5-12,20,24,31H,2-4,13-18H2,1H3/t20-,24+/m0/s1. The van der Waals surface area contributed by atoms with E-state index in [4.69, 9.17) is 4.74 Å². The fourth-order valence-corrected chi connectivity index (χ4v) is 5.25. The lowest BCUT2D eigenvalue weighted by atomic mass is 9.63. The third kappa shape index (κ3) is 4.96. The number of nitrogens with zero attached hydrogens (tertiary/aromatic N) is 1. The van der Waals surface area contributed by atoms with Crippen LogP contribution in [-0.4, -0.2) is 42.4 Å². The average Bonchev–Trinajstić information content (AvgIpc) is 2.75. The van der Waals surface area contributed by atoms with Gasteiger partial charge >= 0.3 is 6.18 Å². The maximum Gasteiger partial charge on any atom is 0.416 e. The molecule has 174 valence electrons. The molecule has 0 unspecified atom stereocenters. The maximum atomic E-state index is 12.8. The van der Waals surface area contributed by atoms with Gasteiger partial charge in [-0.05, 0) is 69.0 Å². The van der Waals surface area contributed by atoms with E-state index in [-0.39, 0.29) is 24.0 Å². The van der Waals surface area contributed by atoms with E-state index in [1.165, 1.54) is 29.7 Å². The summed E-state index contributed by atoms with van der Waals surface area (Å²) in [4.78, 5) is 2.42. The molecule has 3 nitrogen and oxygen atoms in total. The van der Waals surface area contributed by atoms with Gasteiger partial charge in [0.25, 0.3) is 0 Å². The molecule has 6 heteroatoms. The molecule has 1 saturated heterocycles. The first-order valence-electron chi connectivity index (χ1n) is 11.5. The molecule has 0 spiro atoms. The first-order chi connectivity index (χ1) is 15.3. The molecule has 32 heavy (non-hydrogen) atoms. The van der Waals surface area contributed by atoms with Crippen molar-refractivity contribution in [3.63, 3.8) is 0 Å². The number of alkyl halides is 3. The summed E-state index contributed by atoms with van der Waals surface area (Å²) < 4.78 is 44.2. The van der Waals surface area contributed by atoms with E-state index in [1.54, 1.807) is 0 Å². The van der Waals surface area contributed by atoms with Gasteiger partial charge in [-0.3, -0.25) is 4.90 Å². The molecule has 1 heterocycles. The molecular formula is C26H32F3NO2. The molecule has 2 aromatic carbocycles. The van der Waals surface area contributed by atoms with Gasteiger partial charge in [0.15, 0.2) is 0 Å². The first kappa shape index (κ1) is 23.1. The van der Waals surface area contributed by atoms with Crippen LogP contribution in [0.5, 0.6) is 5.75 Å². The van der Waals surface area contributed by atoms with Gasteiger partial charge < -0.3 is 9.84 Å². The molecule has 1 saturated carbocycles. The van der Waals surface area contributed by atoms with Crippen molar-refractivity contribution in [3.8, 4) is 5.75 Å². The van der Waals surface area contributed by atoms with Gasteiger partial charge in [-0.25, -0.2) is 0 Å². The highest BCUT2D eigenvalue weighted by molar-refractivity contribution is 5.32. The van der Waals surface area contributed by atoms with Crippen LogP contribution >= 0.6 is 0 Å². The Hall–Kier alpha value is -2.05. The van der Waals surface area contributed by atoms with Gasteiger partial charge in [0.2, 0.25) is 0 Å². The van der Waals surface area contributed by atoms with Crippen molar-refractivity contribution >= 4 is 0 Å². The average molecular weight is 448 g/mol. The van der Waals surface area contributed by atoms with Gasteiger partial charge in [0, 0.05) is 23.9 Å². The molecule has 1 aliphatic carbocycles. The van der Waals surface area contributed by atoms with E-state index < -0.39 is 11.7 Å². The fourth-order valence-electron chi connectivity index (χ4n) is 5.25. The van der Waals surface area contributed by atoms with E-state index in [9.17, 15) is 18.3 Å². The van der Waals surface area contributed by atoms with Crippen LogP contribution in [0.15, 0.2) is 48.5 Å². The molecule has 2 fully saturated rings. The lowest BCUT2D eigenvalue weighted by molar-refractivity contribution is -0.137. The van der Waals surface area contributed by atoms with Crippen molar-refractivity contribution in [3.05, 3.63) is 65.2 Å². The molecule has 0 bridgehead atoms. The number of ether oxygens (including phenoxy) is 1. The van der Waals surface area contributed by atoms with Gasteiger partial charge in [0.1, 0.15) is 5.75 Å². The zero-order valence-electron chi connectivity index (χ0n) is 18.6. The molecule has 0 radical (unpaired) electrons. The van der Waals surface area contributed by atoms with Crippen molar-refractivity contribution < 1.29 is 23.0 Å². The number of halogens is 3. The Kier molecular flexibility index (Phi) is 6.82. The third-order valence-corrected chi connectivity index (χ3v) is 7.35. The minimum atomic E-state index is -4.35. The summed E-state index contributed by atoms with van der Waals surface area (Å²) in [6.45, 7) is 4.44. The van der Waals surface area contributed by atoms with Crippen LogP contribution in [0.25, 0.3) is 0 Å². The summed E-state index contributed by atoms with van der Waals surface area (Å²) in [5.41, 5.74) is 2.12. The molecular weight excluding hydrogens is 415 g/mol. The van der Waals surface area contributed by atoms with Crippen LogP contribution in [0.4, 0.5) is 13.2 Å². The zero-order valence-corrected chi connectivity index (χ0v) is 18.6. The van der Waals surface area contributed by atoms with Crippen LogP contribution in [-0.2, 0) is 11.6 Å². The second kappa shape index (κ2) is 9.44. The van der Waals surface area contributed by atoms with E-state index >= 15 is 0 Å². The SMILES string of the molecule is Cc1ccc(C2(CN3CCC[C@@H](COc4ccc(C(F)(F)F)cc4)[C@H]3CO)CCC2)cc1. The fraction of sp³-hybridized carbons (Fsp3) is 0.538. The Morgan fingerprint density at radius 3 is 2.28 bits per heavy atom. The van der Waals surface area contributed by atoms with Crippen LogP contribution in [0.2, 0.25) is 0 Å². The van der Waals surface area contributed by atoms with Crippen LogP contribution in [0.1, 0.15) is 48.8 Å². The zero-order chi connectivity index (χ0) is 22.8. The van der Waals surface area contributed by atoms with E-state index in [0.29, 0.717) is 12.4 Å². The largest absolute Gasteiger partial charge is 0.493 e. The van der Waals surface area contributed by atoms with Gasteiger partial charge in [-0.2, -0.15) is 13.2 Å². The second-order valence-corrected chi connectivity index (χ2v) is 9.46. The monoisotopic (exact) mass is 447 g/mol. The predicted molar refractivity (Wildman–Crippen MR) is 119 cm³/mol. The Morgan fingerprint density at radius 1 is 1.03 bits per heavy atom. The van der Waals surface area contributed by atoms with Gasteiger partial charge in [0.05, 0.1) is 18.8 Å². The van der Waals surface area contributed by atoms with Crippen molar-refractivity contribution in [2.24, 2.45) is 5.92 Å². The second-order valence-electron chi connectivity index (χ2n) is 9.46. The molecule has 2 aliphatic rings. The highest BCUT2D eigenvalue weighted by Gasteiger charge is 2.43. The Bertz CT molecular complexity index is 875. The van der Waals surface area contributed by atoms with E-state index in [1.807, 2.05) is 0 Å². The van der Waals surface area contributed by atoms with Crippen molar-refractivity contribution in [2.45, 2.75) is 56.7 Å². The minimum Gasteiger partial charge on any atom is -0.493 e. The Morgan fingerprint density at radius 2 is 1.72 bits per heavy atom. The maximum absolute atomic E-state index is 12.8. The summed E-state index contributed by atoms with van der Waals surface area (Å²) in [6, 6.07) is 13.7. The predicted octanol–water partition coefficient (Wildman–Crippen LogP) is 5.59. The van der Waals surface area contributed by atoms with Crippen LogP contribution in [0, 0.1) is 12.8 Å². The van der Waals surface area contributed by atoms with Gasteiger partial charge in [-0.1, -0.05) is 36.2 Å². The lowest BCUT2D eigenvalue weighted by Crippen LogP contribution is -2.55. The molecule has 0 aromatic heterocycles. The number of hydrogen-bond donors (Lipinski definition) is 1. The van der Waals surface area contributed by atoms with Crippen LogP contribution < -0.4 is 4.74 Å². The molecule has 4 rings (SSSR count). The number of aliphatic hydroxyl groups excluding tert-OH is 1. The number of aliphatic hydroxyl groups is 1. The summed E-state index contributed by atoms with van der Waals surface area (Å²) in [5.74, 6) is 0.577. The summed E-state index contributed by atoms with van der Waals surface area (Å²) in [6.07, 6.45) is 1.18. The highest BCUT2D eigenvalue weighted by atomic mass is 19.4. The Balaban J connectivity index is 1.41. The molecule has 0 amide bonds. The molecule has 2 atom stereocenters. The lowest BCUT2D eigenvalue weighted by Gasteiger charge is -2.50. The summed E-state index contributed by atoms with van der Waals surface area (Å²) >= 11 is 0. The van der Waals surface area contributed by atoms with Crippen molar-refractivity contribution in [1.82, 2.24) is 4.90 Å². The topological polar surface area (TPSA) is 32.7 Å². The smallest absolute Gasteiger partial charge is 0.416 e. The number of likely N-dealkylation sites (tertiary alicyclic amines) is 1.